The van der Waals surface area contributed by atoms with Gasteiger partial charge in [0.15, 0.2) is 0 Å². The van der Waals surface area contributed by atoms with Crippen LogP contribution in [0.5, 0.6) is 0 Å². The molecule has 1 fully saturated rings. The molecule has 1 aromatic rings. The number of nitrogens with one attached hydrogen (secondary N) is 1. The van der Waals surface area contributed by atoms with Gasteiger partial charge in [0.2, 0.25) is 0 Å². The first-order chi connectivity index (χ1) is 7.79. The highest BCUT2D eigenvalue weighted by atomic mass is 16.5. The van der Waals surface area contributed by atoms with E-state index in [1.807, 2.05) is 17.9 Å². The van der Waals surface area contributed by atoms with Crippen LogP contribution in [0.15, 0.2) is 12.4 Å². The summed E-state index contributed by atoms with van der Waals surface area (Å²) in [5.74, 6) is 0. The molecule has 0 spiro atoms. The molecule has 0 radical (unpaired) electrons. The highest BCUT2D eigenvalue weighted by molar-refractivity contribution is 5.08. The van der Waals surface area contributed by atoms with Gasteiger partial charge in [-0.05, 0) is 33.2 Å². The van der Waals surface area contributed by atoms with Crippen molar-refractivity contribution in [1.82, 2.24) is 15.1 Å². The Morgan fingerprint density at radius 3 is 3.25 bits per heavy atom. The molecule has 2 heterocycles. The summed E-state index contributed by atoms with van der Waals surface area (Å²) in [5.41, 5.74) is 1.25. The molecule has 0 amide bonds. The predicted molar refractivity (Wildman–Crippen MR) is 63.3 cm³/mol. The number of rotatable bonds is 5. The first kappa shape index (κ1) is 11.6. The van der Waals surface area contributed by atoms with Gasteiger partial charge in [0.1, 0.15) is 0 Å². The molecule has 0 bridgehead atoms. The third-order valence-corrected chi connectivity index (χ3v) is 3.29. The highest BCUT2D eigenvalue weighted by Gasteiger charge is 2.15. The van der Waals surface area contributed by atoms with Crippen molar-refractivity contribution in [1.29, 1.82) is 0 Å². The van der Waals surface area contributed by atoms with Crippen LogP contribution >= 0.6 is 0 Å². The number of nitrogens with zero attached hydrogens (tertiary/aromatic N) is 2. The lowest BCUT2D eigenvalue weighted by Crippen LogP contribution is -2.12. The molecule has 1 aliphatic rings. The second-order valence-corrected chi connectivity index (χ2v) is 4.47. The Morgan fingerprint density at radius 2 is 2.56 bits per heavy atom. The fraction of sp³-hybridized carbons (Fsp3) is 0.750. The van der Waals surface area contributed by atoms with E-state index in [1.165, 1.54) is 18.4 Å². The molecule has 0 saturated carbocycles. The Kier molecular flexibility index (Phi) is 3.96. The quantitative estimate of drug-likeness (QED) is 0.826. The van der Waals surface area contributed by atoms with Gasteiger partial charge in [0.25, 0.3) is 0 Å². The van der Waals surface area contributed by atoms with Gasteiger partial charge in [0, 0.05) is 31.0 Å². The molecule has 2 unspecified atom stereocenters. The van der Waals surface area contributed by atoms with Crippen molar-refractivity contribution < 1.29 is 4.74 Å². The van der Waals surface area contributed by atoms with E-state index in [0.29, 0.717) is 12.1 Å². The molecule has 1 N–H and O–H groups in total. The number of hydrogen-bond acceptors (Lipinski definition) is 3. The van der Waals surface area contributed by atoms with Crippen molar-refractivity contribution >= 4 is 0 Å². The van der Waals surface area contributed by atoms with Crippen LogP contribution in [-0.4, -0.2) is 29.5 Å². The minimum absolute atomic E-state index is 0.372. The normalized spacial score (nSPS) is 22.5. The fourth-order valence-corrected chi connectivity index (χ4v) is 2.04. The monoisotopic (exact) mass is 223 g/mol. The van der Waals surface area contributed by atoms with Crippen molar-refractivity contribution in [2.24, 2.45) is 0 Å². The van der Waals surface area contributed by atoms with Gasteiger partial charge < -0.3 is 10.1 Å². The van der Waals surface area contributed by atoms with E-state index in [0.717, 1.165) is 19.6 Å². The molecule has 1 aromatic heterocycles. The summed E-state index contributed by atoms with van der Waals surface area (Å²) >= 11 is 0. The number of ether oxygens (including phenoxy) is 1. The van der Waals surface area contributed by atoms with Gasteiger partial charge in [-0.3, -0.25) is 4.68 Å². The van der Waals surface area contributed by atoms with Crippen LogP contribution in [0.1, 0.15) is 37.8 Å². The Morgan fingerprint density at radius 1 is 1.69 bits per heavy atom. The molecule has 16 heavy (non-hydrogen) atoms. The van der Waals surface area contributed by atoms with Crippen molar-refractivity contribution in [3.05, 3.63) is 18.0 Å². The molecule has 4 heteroatoms. The molecular formula is C12H21N3O. The zero-order valence-corrected chi connectivity index (χ0v) is 10.1. The minimum Gasteiger partial charge on any atom is -0.378 e. The van der Waals surface area contributed by atoms with E-state index in [4.69, 9.17) is 4.74 Å². The molecule has 1 aliphatic heterocycles. The summed E-state index contributed by atoms with van der Waals surface area (Å²) in [6.45, 7) is 4.04. The maximum Gasteiger partial charge on any atom is 0.0593 e. The largest absolute Gasteiger partial charge is 0.378 e. The van der Waals surface area contributed by atoms with E-state index < -0.39 is 0 Å². The maximum atomic E-state index is 5.60. The van der Waals surface area contributed by atoms with Crippen molar-refractivity contribution in [3.63, 3.8) is 0 Å². The standard InChI is InChI=1S/C12H21N3O/c1-10(13-2)11-8-14-15(9-11)6-5-12-4-3-7-16-12/h8-10,12-13H,3-7H2,1-2H3. The van der Waals surface area contributed by atoms with Crippen LogP contribution in [0, 0.1) is 0 Å². The summed E-state index contributed by atoms with van der Waals surface area (Å²) in [7, 11) is 1.97. The van der Waals surface area contributed by atoms with Crippen molar-refractivity contribution in [2.45, 2.75) is 44.9 Å². The third kappa shape index (κ3) is 2.83. The molecule has 0 aromatic carbocycles. The zero-order chi connectivity index (χ0) is 11.4. The average Bonchev–Trinajstić information content (AvgIpc) is 2.96. The van der Waals surface area contributed by atoms with Crippen LogP contribution < -0.4 is 5.32 Å². The number of hydrogen-bond donors (Lipinski definition) is 1. The Bertz CT molecular complexity index is 318. The molecular weight excluding hydrogens is 202 g/mol. The van der Waals surface area contributed by atoms with Crippen molar-refractivity contribution in [3.8, 4) is 0 Å². The number of aromatic nitrogens is 2. The lowest BCUT2D eigenvalue weighted by molar-refractivity contribution is 0.0994. The third-order valence-electron chi connectivity index (χ3n) is 3.29. The maximum absolute atomic E-state index is 5.60. The lowest BCUT2D eigenvalue weighted by atomic mass is 10.2. The molecule has 1 saturated heterocycles. The van der Waals surface area contributed by atoms with E-state index in [2.05, 4.69) is 23.5 Å². The first-order valence-electron chi connectivity index (χ1n) is 6.11. The van der Waals surface area contributed by atoms with E-state index in [-0.39, 0.29) is 0 Å². The molecule has 2 rings (SSSR count). The number of aryl methyl sites for hydroxylation is 1. The summed E-state index contributed by atoms with van der Waals surface area (Å²) < 4.78 is 7.62. The van der Waals surface area contributed by atoms with Gasteiger partial charge in [-0.25, -0.2) is 0 Å². The van der Waals surface area contributed by atoms with Crippen LogP contribution in [-0.2, 0) is 11.3 Å². The van der Waals surface area contributed by atoms with E-state index in [9.17, 15) is 0 Å². The molecule has 4 nitrogen and oxygen atoms in total. The Labute approximate surface area is 97.0 Å². The highest BCUT2D eigenvalue weighted by Crippen LogP contribution is 2.16. The van der Waals surface area contributed by atoms with Crippen molar-refractivity contribution in [2.75, 3.05) is 13.7 Å². The van der Waals surface area contributed by atoms with Gasteiger partial charge >= 0.3 is 0 Å². The van der Waals surface area contributed by atoms with Crippen LogP contribution in [0.2, 0.25) is 0 Å². The molecule has 0 aliphatic carbocycles. The van der Waals surface area contributed by atoms with Crippen LogP contribution in [0.25, 0.3) is 0 Å². The van der Waals surface area contributed by atoms with Gasteiger partial charge in [0.05, 0.1) is 12.3 Å². The summed E-state index contributed by atoms with van der Waals surface area (Å²) in [5, 5.41) is 7.58. The summed E-state index contributed by atoms with van der Waals surface area (Å²) in [4.78, 5) is 0. The average molecular weight is 223 g/mol. The summed E-state index contributed by atoms with van der Waals surface area (Å²) in [6, 6.07) is 0.372. The lowest BCUT2D eigenvalue weighted by Gasteiger charge is -2.09. The minimum atomic E-state index is 0.372. The second kappa shape index (κ2) is 5.46. The topological polar surface area (TPSA) is 39.1 Å². The Balaban J connectivity index is 1.82. The smallest absolute Gasteiger partial charge is 0.0593 e. The SMILES string of the molecule is CNC(C)c1cnn(CCC2CCCO2)c1. The van der Waals surface area contributed by atoms with Gasteiger partial charge in [-0.15, -0.1) is 0 Å². The van der Waals surface area contributed by atoms with Gasteiger partial charge in [-0.1, -0.05) is 0 Å². The summed E-state index contributed by atoms with van der Waals surface area (Å²) in [6.07, 6.45) is 8.02. The fourth-order valence-electron chi connectivity index (χ4n) is 2.04. The zero-order valence-electron chi connectivity index (χ0n) is 10.1. The Hall–Kier alpha value is -0.870. The van der Waals surface area contributed by atoms with Gasteiger partial charge in [-0.2, -0.15) is 5.10 Å². The predicted octanol–water partition coefficient (Wildman–Crippen LogP) is 1.73. The first-order valence-corrected chi connectivity index (χ1v) is 6.11. The van der Waals surface area contributed by atoms with Crippen LogP contribution in [0.4, 0.5) is 0 Å². The molecule has 2 atom stereocenters. The van der Waals surface area contributed by atoms with E-state index in [1.54, 1.807) is 0 Å². The molecule has 90 valence electrons. The van der Waals surface area contributed by atoms with Crippen LogP contribution in [0.3, 0.4) is 0 Å². The second-order valence-electron chi connectivity index (χ2n) is 4.47. The van der Waals surface area contributed by atoms with E-state index >= 15 is 0 Å².